The average Bonchev–Trinajstić information content (AvgIpc) is 3.13. The largest absolute Gasteiger partial charge is 0.493 e. The number of halogens is 1. The first-order valence-corrected chi connectivity index (χ1v) is 9.41. The number of carbonyl (C=O) groups excluding carboxylic acids is 1. The van der Waals surface area contributed by atoms with E-state index in [0.29, 0.717) is 24.6 Å². The number of amides is 1. The van der Waals surface area contributed by atoms with Gasteiger partial charge >= 0.3 is 5.97 Å². The molecule has 0 aromatic heterocycles. The van der Waals surface area contributed by atoms with Crippen LogP contribution < -0.4 is 4.74 Å². The average molecular weight is 386 g/mol. The predicted molar refractivity (Wildman–Crippen MR) is 101 cm³/mol. The van der Waals surface area contributed by atoms with Gasteiger partial charge in [0.05, 0.1) is 18.4 Å². The number of likely N-dealkylation sites (tertiary alicyclic amines) is 1. The number of rotatable bonds is 3. The minimum Gasteiger partial charge on any atom is -0.493 e. The second-order valence-corrected chi connectivity index (χ2v) is 7.51. The highest BCUT2D eigenvalue weighted by Crippen LogP contribution is 2.39. The number of nitrogens with zero attached hydrogens (tertiary/aromatic N) is 1. The Morgan fingerprint density at radius 1 is 1.07 bits per heavy atom. The van der Waals surface area contributed by atoms with E-state index < -0.39 is 11.9 Å². The van der Waals surface area contributed by atoms with Crippen LogP contribution in [-0.4, -0.2) is 41.6 Å². The van der Waals surface area contributed by atoms with Crippen molar-refractivity contribution >= 4 is 23.5 Å². The normalized spacial score (nSPS) is 24.2. The first-order chi connectivity index (χ1) is 13.0. The molecule has 1 fully saturated rings. The van der Waals surface area contributed by atoms with Crippen LogP contribution in [0.2, 0.25) is 5.02 Å². The van der Waals surface area contributed by atoms with Gasteiger partial charge in [-0.3, -0.25) is 9.59 Å². The van der Waals surface area contributed by atoms with Gasteiger partial charge < -0.3 is 14.7 Å². The predicted octanol–water partition coefficient (Wildman–Crippen LogP) is 3.53. The maximum atomic E-state index is 13.2. The van der Waals surface area contributed by atoms with Crippen LogP contribution in [0.4, 0.5) is 0 Å². The molecule has 2 aliphatic heterocycles. The van der Waals surface area contributed by atoms with E-state index in [-0.39, 0.29) is 24.3 Å². The first kappa shape index (κ1) is 17.9. The van der Waals surface area contributed by atoms with Crippen LogP contribution in [0.1, 0.15) is 29.4 Å². The molecule has 1 saturated heterocycles. The number of carbonyl (C=O) groups is 2. The molecule has 2 aromatic carbocycles. The Balaban J connectivity index is 1.59. The monoisotopic (exact) mass is 385 g/mol. The number of benzene rings is 2. The van der Waals surface area contributed by atoms with E-state index in [0.717, 1.165) is 16.9 Å². The summed E-state index contributed by atoms with van der Waals surface area (Å²) in [6.45, 7) is 1.11. The van der Waals surface area contributed by atoms with Crippen LogP contribution >= 0.6 is 11.6 Å². The zero-order valence-corrected chi connectivity index (χ0v) is 15.4. The molecule has 2 heterocycles. The van der Waals surface area contributed by atoms with Crippen LogP contribution in [0.25, 0.3) is 0 Å². The molecule has 0 saturated carbocycles. The maximum absolute atomic E-state index is 13.2. The third-order valence-corrected chi connectivity index (χ3v) is 5.76. The second kappa shape index (κ2) is 7.24. The molecule has 27 heavy (non-hydrogen) atoms. The van der Waals surface area contributed by atoms with Gasteiger partial charge in [0.25, 0.3) is 0 Å². The number of fused-ring (bicyclic) bond motifs is 1. The van der Waals surface area contributed by atoms with Gasteiger partial charge in [0.2, 0.25) is 5.91 Å². The Morgan fingerprint density at radius 2 is 1.81 bits per heavy atom. The highest BCUT2D eigenvalue weighted by molar-refractivity contribution is 6.30. The molecule has 5 nitrogen and oxygen atoms in total. The standard InChI is InChI=1S/C21H20ClNO4/c22-14-7-5-13(6-8-14)17-11-23(12-18(17)21(25)26)20(24)16-9-10-27-19-4-2-1-3-15(16)19/h1-8,16-18H,9-12H2,(H,25,26)/t16?,17-,18+/m0/s1. The lowest BCUT2D eigenvalue weighted by Crippen LogP contribution is -2.36. The molecule has 1 unspecified atom stereocenters. The molecule has 0 aliphatic carbocycles. The molecule has 6 heteroatoms. The topological polar surface area (TPSA) is 66.8 Å². The van der Waals surface area contributed by atoms with Crippen molar-refractivity contribution in [1.29, 1.82) is 0 Å². The molecule has 0 radical (unpaired) electrons. The van der Waals surface area contributed by atoms with E-state index in [2.05, 4.69) is 0 Å². The molecule has 3 atom stereocenters. The van der Waals surface area contributed by atoms with Gasteiger partial charge in [-0.2, -0.15) is 0 Å². The van der Waals surface area contributed by atoms with Crippen molar-refractivity contribution in [2.45, 2.75) is 18.3 Å². The minimum atomic E-state index is -0.877. The summed E-state index contributed by atoms with van der Waals surface area (Å²) < 4.78 is 5.65. The summed E-state index contributed by atoms with van der Waals surface area (Å²) in [5, 5.41) is 10.3. The van der Waals surface area contributed by atoms with Crippen molar-refractivity contribution < 1.29 is 19.4 Å². The zero-order valence-electron chi connectivity index (χ0n) is 14.7. The van der Waals surface area contributed by atoms with E-state index >= 15 is 0 Å². The molecular weight excluding hydrogens is 366 g/mol. The molecule has 140 valence electrons. The van der Waals surface area contributed by atoms with Gasteiger partial charge in [-0.25, -0.2) is 0 Å². The van der Waals surface area contributed by atoms with Crippen LogP contribution in [0.3, 0.4) is 0 Å². The molecule has 1 amide bonds. The Kier molecular flexibility index (Phi) is 4.79. The number of ether oxygens (including phenoxy) is 1. The van der Waals surface area contributed by atoms with E-state index in [9.17, 15) is 14.7 Å². The van der Waals surface area contributed by atoms with Crippen LogP contribution in [-0.2, 0) is 9.59 Å². The summed E-state index contributed by atoms with van der Waals surface area (Å²) in [5.41, 5.74) is 1.78. The first-order valence-electron chi connectivity index (χ1n) is 9.03. The van der Waals surface area contributed by atoms with Crippen molar-refractivity contribution in [2.75, 3.05) is 19.7 Å². The molecule has 2 aromatic rings. The summed E-state index contributed by atoms with van der Waals surface area (Å²) in [5.74, 6) is -1.30. The van der Waals surface area contributed by atoms with Crippen molar-refractivity contribution in [3.05, 3.63) is 64.7 Å². The van der Waals surface area contributed by atoms with Crippen LogP contribution in [0.15, 0.2) is 48.5 Å². The molecule has 4 rings (SSSR count). The molecular formula is C21H20ClNO4. The van der Waals surface area contributed by atoms with Crippen molar-refractivity contribution in [3.8, 4) is 5.75 Å². The number of hydrogen-bond acceptors (Lipinski definition) is 3. The quantitative estimate of drug-likeness (QED) is 0.877. The Labute approximate surface area is 162 Å². The van der Waals surface area contributed by atoms with Gasteiger partial charge in [-0.05, 0) is 30.2 Å². The van der Waals surface area contributed by atoms with E-state index in [4.69, 9.17) is 16.3 Å². The highest BCUT2D eigenvalue weighted by atomic mass is 35.5. The second-order valence-electron chi connectivity index (χ2n) is 7.07. The Morgan fingerprint density at radius 3 is 2.56 bits per heavy atom. The summed E-state index contributed by atoms with van der Waals surface area (Å²) in [6.07, 6.45) is 0.607. The van der Waals surface area contributed by atoms with E-state index in [1.54, 1.807) is 17.0 Å². The molecule has 2 aliphatic rings. The van der Waals surface area contributed by atoms with Gasteiger partial charge in [-0.15, -0.1) is 0 Å². The van der Waals surface area contributed by atoms with E-state index in [1.807, 2.05) is 36.4 Å². The number of carboxylic acid groups (broad SMARTS) is 1. The SMILES string of the molecule is O=C(O)[C@@H]1CN(C(=O)C2CCOc3ccccc32)C[C@H]1c1ccc(Cl)cc1. The van der Waals surface area contributed by atoms with Gasteiger partial charge in [0, 0.05) is 29.6 Å². The Hall–Kier alpha value is -2.53. The smallest absolute Gasteiger partial charge is 0.308 e. The molecule has 0 bridgehead atoms. The number of aliphatic carboxylic acids is 1. The lowest BCUT2D eigenvalue weighted by atomic mass is 9.89. The third kappa shape index (κ3) is 3.39. The van der Waals surface area contributed by atoms with Crippen LogP contribution in [0.5, 0.6) is 5.75 Å². The number of para-hydroxylation sites is 1. The van der Waals surface area contributed by atoms with Crippen molar-refractivity contribution in [1.82, 2.24) is 4.90 Å². The minimum absolute atomic E-state index is 0.0199. The lowest BCUT2D eigenvalue weighted by molar-refractivity contribution is -0.142. The summed E-state index contributed by atoms with van der Waals surface area (Å²) in [6, 6.07) is 14.8. The fraction of sp³-hybridized carbons (Fsp3) is 0.333. The molecule has 0 spiro atoms. The number of hydrogen-bond donors (Lipinski definition) is 1. The Bertz CT molecular complexity index is 867. The maximum Gasteiger partial charge on any atom is 0.308 e. The highest BCUT2D eigenvalue weighted by Gasteiger charge is 2.42. The lowest BCUT2D eigenvalue weighted by Gasteiger charge is -2.28. The third-order valence-electron chi connectivity index (χ3n) is 5.50. The van der Waals surface area contributed by atoms with Gasteiger partial charge in [0.15, 0.2) is 0 Å². The zero-order chi connectivity index (χ0) is 19.0. The fourth-order valence-electron chi connectivity index (χ4n) is 4.10. The number of carboxylic acids is 1. The fourth-order valence-corrected chi connectivity index (χ4v) is 4.23. The van der Waals surface area contributed by atoms with Crippen molar-refractivity contribution in [3.63, 3.8) is 0 Å². The molecule has 1 N–H and O–H groups in total. The van der Waals surface area contributed by atoms with Gasteiger partial charge in [0.1, 0.15) is 5.75 Å². The van der Waals surface area contributed by atoms with Gasteiger partial charge in [-0.1, -0.05) is 41.9 Å². The van der Waals surface area contributed by atoms with Crippen LogP contribution in [0, 0.1) is 5.92 Å². The van der Waals surface area contributed by atoms with E-state index in [1.165, 1.54) is 0 Å². The summed E-state index contributed by atoms with van der Waals surface area (Å²) in [7, 11) is 0. The summed E-state index contributed by atoms with van der Waals surface area (Å²) in [4.78, 5) is 26.7. The summed E-state index contributed by atoms with van der Waals surface area (Å²) >= 11 is 5.95. The van der Waals surface area contributed by atoms with Crippen molar-refractivity contribution in [2.24, 2.45) is 5.92 Å².